The highest BCUT2D eigenvalue weighted by molar-refractivity contribution is 6.84. The second kappa shape index (κ2) is 12.0. The van der Waals surface area contributed by atoms with Crippen molar-refractivity contribution in [1.82, 2.24) is 0 Å². The third-order valence-corrected chi connectivity index (χ3v) is 17.8. The Balaban J connectivity index is 1.45. The van der Waals surface area contributed by atoms with Crippen molar-refractivity contribution in [3.8, 4) is 22.3 Å². The predicted octanol–water partition coefficient (Wildman–Crippen LogP) is 13.3. The number of allylic oxidation sites excluding steroid dienone is 2. The van der Waals surface area contributed by atoms with Crippen molar-refractivity contribution in [2.24, 2.45) is 0 Å². The average molecular weight is 623 g/mol. The van der Waals surface area contributed by atoms with Gasteiger partial charge < -0.3 is 0 Å². The maximum atomic E-state index is 2.60. The van der Waals surface area contributed by atoms with E-state index in [1.54, 1.807) is 22.3 Å². The van der Waals surface area contributed by atoms with Gasteiger partial charge in [0.05, 0.1) is 8.07 Å². The Bertz CT molecular complexity index is 1800. The highest BCUT2D eigenvalue weighted by Crippen LogP contribution is 2.57. The molecule has 238 valence electrons. The minimum Gasteiger partial charge on any atom is -0.0678 e. The fourth-order valence-corrected chi connectivity index (χ4v) is 15.0. The molecule has 2 unspecified atom stereocenters. The van der Waals surface area contributed by atoms with Crippen molar-refractivity contribution >= 4 is 20.2 Å². The zero-order valence-corrected chi connectivity index (χ0v) is 31.0. The maximum Gasteiger partial charge on any atom is 0.0776 e. The van der Waals surface area contributed by atoms with Crippen molar-refractivity contribution in [1.29, 1.82) is 0 Å². The SMILES string of the molecule is CCC1=Cc2c(-c3ccc(C(C)(C)C)cc3)cccc2C1[Si](CC)(CC)C1C(C)=Cc2c(-c3ccc(C(C)(C)C)cc3)cccc21. The molecule has 46 heavy (non-hydrogen) atoms. The number of hydrogen-bond acceptors (Lipinski definition) is 0. The molecule has 0 aliphatic heterocycles. The summed E-state index contributed by atoms with van der Waals surface area (Å²) in [6.45, 7) is 23.6. The molecular formula is C45H54Si. The minimum atomic E-state index is -1.98. The van der Waals surface area contributed by atoms with Crippen LogP contribution < -0.4 is 0 Å². The van der Waals surface area contributed by atoms with Crippen LogP contribution in [0.25, 0.3) is 34.4 Å². The van der Waals surface area contributed by atoms with Crippen molar-refractivity contribution in [3.05, 3.63) is 129 Å². The van der Waals surface area contributed by atoms with Crippen LogP contribution >= 0.6 is 0 Å². The molecule has 0 amide bonds. The normalized spacial score (nSPS) is 17.9. The first kappa shape index (κ1) is 32.5. The van der Waals surface area contributed by atoms with Crippen molar-refractivity contribution in [2.45, 2.75) is 110 Å². The molecule has 6 rings (SSSR count). The topological polar surface area (TPSA) is 0 Å². The van der Waals surface area contributed by atoms with E-state index >= 15 is 0 Å². The van der Waals surface area contributed by atoms with Gasteiger partial charge in [0.2, 0.25) is 0 Å². The van der Waals surface area contributed by atoms with Crippen LogP contribution in [0.1, 0.15) is 120 Å². The summed E-state index contributed by atoms with van der Waals surface area (Å²) in [6.07, 6.45) is 6.26. The van der Waals surface area contributed by atoms with Crippen molar-refractivity contribution < 1.29 is 0 Å². The summed E-state index contributed by atoms with van der Waals surface area (Å²) >= 11 is 0. The highest BCUT2D eigenvalue weighted by Gasteiger charge is 2.51. The zero-order chi connectivity index (χ0) is 33.0. The Labute approximate surface area is 280 Å². The summed E-state index contributed by atoms with van der Waals surface area (Å²) in [5, 5.41) is 0. The highest BCUT2D eigenvalue weighted by atomic mass is 28.3. The van der Waals surface area contributed by atoms with Crippen LogP contribution in [0.2, 0.25) is 12.1 Å². The van der Waals surface area contributed by atoms with Crippen LogP contribution in [0.4, 0.5) is 0 Å². The van der Waals surface area contributed by atoms with E-state index in [-0.39, 0.29) is 10.8 Å². The van der Waals surface area contributed by atoms with E-state index in [0.29, 0.717) is 11.1 Å². The van der Waals surface area contributed by atoms with Gasteiger partial charge >= 0.3 is 0 Å². The van der Waals surface area contributed by atoms with Gasteiger partial charge in [-0.05, 0) is 79.8 Å². The first-order valence-electron chi connectivity index (χ1n) is 17.7. The molecule has 0 bridgehead atoms. The molecule has 2 aliphatic rings. The van der Waals surface area contributed by atoms with E-state index in [2.05, 4.69) is 166 Å². The Hall–Kier alpha value is -3.42. The van der Waals surface area contributed by atoms with E-state index < -0.39 is 8.07 Å². The fourth-order valence-electron chi connectivity index (χ4n) is 8.80. The van der Waals surface area contributed by atoms with Gasteiger partial charge in [0.1, 0.15) is 0 Å². The molecule has 0 spiro atoms. The lowest BCUT2D eigenvalue weighted by molar-refractivity contribution is 0.590. The third-order valence-electron chi connectivity index (χ3n) is 11.4. The third kappa shape index (κ3) is 5.39. The van der Waals surface area contributed by atoms with Crippen LogP contribution in [-0.2, 0) is 10.8 Å². The molecule has 0 fully saturated rings. The Morgan fingerprint density at radius 1 is 0.543 bits per heavy atom. The Kier molecular flexibility index (Phi) is 8.47. The molecule has 1 heteroatoms. The average Bonchev–Trinajstić information content (AvgIpc) is 3.59. The lowest BCUT2D eigenvalue weighted by atomic mass is 9.86. The van der Waals surface area contributed by atoms with E-state index in [9.17, 15) is 0 Å². The zero-order valence-electron chi connectivity index (χ0n) is 30.0. The number of benzene rings is 4. The van der Waals surface area contributed by atoms with Crippen LogP contribution in [0.5, 0.6) is 0 Å². The molecule has 4 aromatic carbocycles. The smallest absolute Gasteiger partial charge is 0.0678 e. The van der Waals surface area contributed by atoms with Gasteiger partial charge in [-0.15, -0.1) is 0 Å². The summed E-state index contributed by atoms with van der Waals surface area (Å²) < 4.78 is 0. The van der Waals surface area contributed by atoms with Gasteiger partial charge in [-0.3, -0.25) is 0 Å². The van der Waals surface area contributed by atoms with Crippen LogP contribution in [0.3, 0.4) is 0 Å². The summed E-state index contributed by atoms with van der Waals surface area (Å²) in [4.78, 5) is 0. The van der Waals surface area contributed by atoms with Crippen LogP contribution in [0, 0.1) is 0 Å². The molecule has 0 N–H and O–H groups in total. The van der Waals surface area contributed by atoms with E-state index in [1.807, 2.05) is 0 Å². The second-order valence-electron chi connectivity index (χ2n) is 16.0. The molecule has 2 atom stereocenters. The number of rotatable bonds is 7. The summed E-state index contributed by atoms with van der Waals surface area (Å²) in [5.74, 6) is 0. The monoisotopic (exact) mass is 622 g/mol. The van der Waals surface area contributed by atoms with Crippen LogP contribution in [-0.4, -0.2) is 8.07 Å². The predicted molar refractivity (Wildman–Crippen MR) is 205 cm³/mol. The summed E-state index contributed by atoms with van der Waals surface area (Å²) in [7, 11) is -1.98. The van der Waals surface area contributed by atoms with Crippen LogP contribution in [0.15, 0.2) is 96.1 Å². The summed E-state index contributed by atoms with van der Waals surface area (Å²) in [5.41, 5.74) is 18.9. The van der Waals surface area contributed by atoms with Gasteiger partial charge in [-0.25, -0.2) is 0 Å². The Morgan fingerprint density at radius 2 is 0.978 bits per heavy atom. The molecule has 4 aromatic rings. The minimum absolute atomic E-state index is 0.156. The Morgan fingerprint density at radius 3 is 1.39 bits per heavy atom. The molecule has 0 radical (unpaired) electrons. The van der Waals surface area contributed by atoms with E-state index in [0.717, 1.165) is 6.42 Å². The molecule has 0 aromatic heterocycles. The van der Waals surface area contributed by atoms with E-state index in [1.165, 1.54) is 56.6 Å². The molecular weight excluding hydrogens is 569 g/mol. The summed E-state index contributed by atoms with van der Waals surface area (Å²) in [6, 6.07) is 35.6. The molecule has 0 heterocycles. The van der Waals surface area contributed by atoms with E-state index in [4.69, 9.17) is 0 Å². The second-order valence-corrected chi connectivity index (χ2v) is 21.1. The van der Waals surface area contributed by atoms with Crippen molar-refractivity contribution in [3.63, 3.8) is 0 Å². The fraction of sp³-hybridized carbons (Fsp3) is 0.378. The standard InChI is InChI=1S/C45H54Si/c1-11-31-29-41-37(33-22-26-35(27-23-33)45(8,9)10)17-15-19-39(41)43(31)46(12-2,13-3)42-30(4)28-40-36(16-14-18-38(40)42)32-20-24-34(25-21-32)44(5,6)7/h14-29,42-43H,11-13H2,1-10H3. The van der Waals surface area contributed by atoms with Gasteiger partial charge in [0.25, 0.3) is 0 Å². The molecule has 0 saturated heterocycles. The molecule has 2 aliphatic carbocycles. The van der Waals surface area contributed by atoms with Gasteiger partial charge in [0.15, 0.2) is 0 Å². The maximum absolute atomic E-state index is 2.60. The van der Waals surface area contributed by atoms with Gasteiger partial charge in [-0.2, -0.15) is 0 Å². The first-order chi connectivity index (χ1) is 21.8. The van der Waals surface area contributed by atoms with Gasteiger partial charge in [0, 0.05) is 11.1 Å². The first-order valence-corrected chi connectivity index (χ1v) is 20.3. The number of fused-ring (bicyclic) bond motifs is 2. The lowest BCUT2D eigenvalue weighted by Gasteiger charge is -2.44. The number of hydrogen-bond donors (Lipinski definition) is 0. The molecule has 0 nitrogen and oxygen atoms in total. The largest absolute Gasteiger partial charge is 0.0776 e. The van der Waals surface area contributed by atoms with Crippen molar-refractivity contribution in [2.75, 3.05) is 0 Å². The molecule has 0 saturated carbocycles. The van der Waals surface area contributed by atoms with Gasteiger partial charge in [-0.1, -0.05) is 183 Å². The lowest BCUT2D eigenvalue weighted by Crippen LogP contribution is -2.47. The quantitative estimate of drug-likeness (QED) is 0.180.